The van der Waals surface area contributed by atoms with Crippen LogP contribution in [0.15, 0.2) is 60.2 Å². The molecule has 31 heavy (non-hydrogen) atoms. The van der Waals surface area contributed by atoms with Crippen LogP contribution in [0.3, 0.4) is 0 Å². The number of nitrogens with one attached hydrogen (secondary N) is 1. The van der Waals surface area contributed by atoms with Gasteiger partial charge in [-0.05, 0) is 97.5 Å². The second-order valence-corrected chi connectivity index (χ2v) is 8.68. The van der Waals surface area contributed by atoms with Crippen molar-refractivity contribution >= 4 is 52.2 Å². The summed E-state index contributed by atoms with van der Waals surface area (Å²) in [4.78, 5) is 39.0. The van der Waals surface area contributed by atoms with Crippen molar-refractivity contribution in [3.8, 4) is 5.69 Å². The number of rotatable bonds is 3. The molecular formula is C24H20IN3O3. The van der Waals surface area contributed by atoms with Gasteiger partial charge in [-0.3, -0.25) is 14.9 Å². The lowest BCUT2D eigenvalue weighted by atomic mass is 10.1. The molecule has 1 aromatic heterocycles. The molecule has 1 fully saturated rings. The number of barbiturate groups is 1. The zero-order valence-corrected chi connectivity index (χ0v) is 19.4. The number of aromatic nitrogens is 1. The largest absolute Gasteiger partial charge is 0.335 e. The minimum atomic E-state index is -0.750. The molecule has 7 heteroatoms. The molecule has 1 aliphatic rings. The van der Waals surface area contributed by atoms with Gasteiger partial charge in [-0.25, -0.2) is 9.69 Å². The van der Waals surface area contributed by atoms with Crippen LogP contribution in [-0.4, -0.2) is 22.4 Å². The second kappa shape index (κ2) is 8.14. The summed E-state index contributed by atoms with van der Waals surface area (Å²) in [6, 6.07) is 16.3. The summed E-state index contributed by atoms with van der Waals surface area (Å²) in [5.74, 6) is -1.34. The molecule has 6 nitrogen and oxygen atoms in total. The topological polar surface area (TPSA) is 71.4 Å². The van der Waals surface area contributed by atoms with Gasteiger partial charge in [-0.1, -0.05) is 17.7 Å². The number of carbonyl (C=O) groups is 3. The van der Waals surface area contributed by atoms with Crippen LogP contribution in [0.1, 0.15) is 22.5 Å². The van der Waals surface area contributed by atoms with Crippen LogP contribution in [0.5, 0.6) is 0 Å². The maximum absolute atomic E-state index is 13.1. The number of carbonyl (C=O) groups excluding carboxylic acids is 3. The van der Waals surface area contributed by atoms with E-state index in [4.69, 9.17) is 0 Å². The van der Waals surface area contributed by atoms with Crippen molar-refractivity contribution in [3.05, 3.63) is 86.3 Å². The molecule has 0 saturated carbocycles. The highest BCUT2D eigenvalue weighted by Gasteiger charge is 2.37. The Labute approximate surface area is 193 Å². The van der Waals surface area contributed by atoms with Gasteiger partial charge in [0, 0.05) is 20.6 Å². The van der Waals surface area contributed by atoms with Crippen LogP contribution in [0.4, 0.5) is 10.5 Å². The minimum Gasteiger partial charge on any atom is -0.318 e. The highest BCUT2D eigenvalue weighted by molar-refractivity contribution is 14.1. The highest BCUT2D eigenvalue weighted by atomic mass is 127. The number of hydrogen-bond donors (Lipinski definition) is 1. The van der Waals surface area contributed by atoms with Crippen molar-refractivity contribution in [2.45, 2.75) is 20.8 Å². The first-order valence-corrected chi connectivity index (χ1v) is 10.8. The fourth-order valence-corrected chi connectivity index (χ4v) is 4.02. The predicted octanol–water partition coefficient (Wildman–Crippen LogP) is 4.67. The van der Waals surface area contributed by atoms with E-state index in [-0.39, 0.29) is 5.57 Å². The zero-order chi connectivity index (χ0) is 22.3. The second-order valence-electron chi connectivity index (χ2n) is 7.43. The molecule has 2 heterocycles. The Bertz CT molecular complexity index is 1240. The van der Waals surface area contributed by atoms with Crippen LogP contribution in [0.2, 0.25) is 0 Å². The number of anilines is 1. The maximum atomic E-state index is 13.1. The van der Waals surface area contributed by atoms with Crippen molar-refractivity contribution in [2.75, 3.05) is 4.90 Å². The van der Waals surface area contributed by atoms with Crippen LogP contribution in [0, 0.1) is 24.3 Å². The lowest BCUT2D eigenvalue weighted by Gasteiger charge is -2.26. The normalized spacial score (nSPS) is 15.5. The summed E-state index contributed by atoms with van der Waals surface area (Å²) in [6.07, 6.45) is 1.55. The van der Waals surface area contributed by atoms with E-state index in [1.165, 1.54) is 0 Å². The summed E-state index contributed by atoms with van der Waals surface area (Å²) < 4.78 is 3.20. The van der Waals surface area contributed by atoms with E-state index in [2.05, 4.69) is 32.5 Å². The monoisotopic (exact) mass is 525 g/mol. The Balaban J connectivity index is 1.75. The average Bonchev–Trinajstić information content (AvgIpc) is 3.00. The van der Waals surface area contributed by atoms with Gasteiger partial charge >= 0.3 is 6.03 Å². The number of amides is 4. The Morgan fingerprint density at radius 3 is 2.13 bits per heavy atom. The fourth-order valence-electron chi connectivity index (χ4n) is 3.66. The molecule has 4 rings (SSSR count). The summed E-state index contributed by atoms with van der Waals surface area (Å²) >= 11 is 2.26. The molecule has 2 aromatic carbocycles. The van der Waals surface area contributed by atoms with Crippen molar-refractivity contribution in [1.29, 1.82) is 0 Å². The van der Waals surface area contributed by atoms with Gasteiger partial charge in [0.05, 0.1) is 5.69 Å². The van der Waals surface area contributed by atoms with Crippen LogP contribution >= 0.6 is 22.6 Å². The number of nitrogens with zero attached hydrogens (tertiary/aromatic N) is 2. The third-order valence-electron chi connectivity index (χ3n) is 5.25. The van der Waals surface area contributed by atoms with E-state index in [9.17, 15) is 14.4 Å². The number of aryl methyl sites for hydroxylation is 2. The van der Waals surface area contributed by atoms with E-state index < -0.39 is 17.8 Å². The first-order valence-electron chi connectivity index (χ1n) is 9.69. The van der Waals surface area contributed by atoms with Crippen LogP contribution < -0.4 is 10.2 Å². The van der Waals surface area contributed by atoms with Crippen LogP contribution in [0.25, 0.3) is 11.8 Å². The quantitative estimate of drug-likeness (QED) is 0.307. The van der Waals surface area contributed by atoms with Gasteiger partial charge in [-0.15, -0.1) is 0 Å². The Morgan fingerprint density at radius 2 is 1.48 bits per heavy atom. The van der Waals surface area contributed by atoms with Crippen molar-refractivity contribution in [1.82, 2.24) is 9.88 Å². The summed E-state index contributed by atoms with van der Waals surface area (Å²) in [5, 5.41) is 2.27. The number of urea groups is 1. The predicted molar refractivity (Wildman–Crippen MR) is 128 cm³/mol. The Kier molecular flexibility index (Phi) is 5.53. The van der Waals surface area contributed by atoms with Crippen molar-refractivity contribution in [3.63, 3.8) is 0 Å². The third kappa shape index (κ3) is 3.93. The van der Waals surface area contributed by atoms with E-state index >= 15 is 0 Å². The molecule has 4 amide bonds. The number of imide groups is 2. The molecule has 0 aliphatic carbocycles. The molecule has 156 valence electrons. The van der Waals surface area contributed by atoms with Crippen molar-refractivity contribution < 1.29 is 14.4 Å². The standard InChI is InChI=1S/C24H20IN3O3/c1-14-4-8-20(9-5-14)28-23(30)21(22(29)26-24(28)31)13-17-12-15(2)27(16(17)3)19-10-6-18(25)7-11-19/h4-13H,1-3H3,(H,26,29,31)/b21-13-. The van der Waals surface area contributed by atoms with Gasteiger partial charge in [0.2, 0.25) is 0 Å². The van der Waals surface area contributed by atoms with E-state index in [1.807, 2.05) is 63.2 Å². The summed E-state index contributed by atoms with van der Waals surface area (Å²) in [5.41, 5.74) is 4.94. The molecule has 1 saturated heterocycles. The zero-order valence-electron chi connectivity index (χ0n) is 17.3. The van der Waals surface area contributed by atoms with Crippen molar-refractivity contribution in [2.24, 2.45) is 0 Å². The molecule has 0 bridgehead atoms. The first-order chi connectivity index (χ1) is 14.8. The highest BCUT2D eigenvalue weighted by Crippen LogP contribution is 2.26. The van der Waals surface area contributed by atoms with Gasteiger partial charge < -0.3 is 4.57 Å². The fraction of sp³-hybridized carbons (Fsp3) is 0.125. The maximum Gasteiger partial charge on any atom is 0.335 e. The Hall–Kier alpha value is -3.20. The molecule has 0 spiro atoms. The summed E-state index contributed by atoms with van der Waals surface area (Å²) in [7, 11) is 0. The smallest absolute Gasteiger partial charge is 0.318 e. The van der Waals surface area contributed by atoms with E-state index in [1.54, 1.807) is 18.2 Å². The minimum absolute atomic E-state index is 0.0805. The molecule has 0 radical (unpaired) electrons. The lowest BCUT2D eigenvalue weighted by molar-refractivity contribution is -0.122. The lowest BCUT2D eigenvalue weighted by Crippen LogP contribution is -2.54. The number of halogens is 1. The molecule has 3 aromatic rings. The molecule has 0 atom stereocenters. The van der Waals surface area contributed by atoms with Crippen LogP contribution in [-0.2, 0) is 9.59 Å². The van der Waals surface area contributed by atoms with E-state index in [0.717, 1.165) is 36.7 Å². The third-order valence-corrected chi connectivity index (χ3v) is 5.97. The first kappa shape index (κ1) is 21.0. The average molecular weight is 525 g/mol. The van der Waals surface area contributed by atoms with Gasteiger partial charge in [0.25, 0.3) is 11.8 Å². The van der Waals surface area contributed by atoms with E-state index in [0.29, 0.717) is 5.69 Å². The SMILES string of the molecule is Cc1ccc(N2C(=O)NC(=O)/C(=C/c3cc(C)n(-c4ccc(I)cc4)c3C)C2=O)cc1. The molecule has 0 unspecified atom stereocenters. The number of benzene rings is 2. The number of hydrogen-bond acceptors (Lipinski definition) is 3. The summed E-state index contributed by atoms with van der Waals surface area (Å²) in [6.45, 7) is 5.82. The molecule has 1 N–H and O–H groups in total. The molecular weight excluding hydrogens is 505 g/mol. The van der Waals surface area contributed by atoms with Gasteiger partial charge in [0.1, 0.15) is 5.57 Å². The Morgan fingerprint density at radius 1 is 0.871 bits per heavy atom. The molecule has 1 aliphatic heterocycles. The van der Waals surface area contributed by atoms with Gasteiger partial charge in [0.15, 0.2) is 0 Å². The van der Waals surface area contributed by atoms with Gasteiger partial charge in [-0.2, -0.15) is 0 Å².